The minimum Gasteiger partial charge on any atom is -0.360 e. The third-order valence-corrected chi connectivity index (χ3v) is 12.4. The zero-order valence-electron chi connectivity index (χ0n) is 26.6. The van der Waals surface area contributed by atoms with Gasteiger partial charge in [0.1, 0.15) is 5.76 Å². The highest BCUT2D eigenvalue weighted by molar-refractivity contribution is 7.92. The fourth-order valence-electron chi connectivity index (χ4n) is 6.29. The van der Waals surface area contributed by atoms with Gasteiger partial charge in [-0.25, -0.2) is 21.1 Å². The summed E-state index contributed by atoms with van der Waals surface area (Å²) in [6.45, 7) is 5.62. The Morgan fingerprint density at radius 3 is 2.23 bits per heavy atom. The molecule has 2 aliphatic rings. The fraction of sp³-hybridized carbons (Fsp3) is 0.500. The summed E-state index contributed by atoms with van der Waals surface area (Å²) in [6, 6.07) is 13.7. The summed E-state index contributed by atoms with van der Waals surface area (Å²) in [5.74, 6) is 0.890. The van der Waals surface area contributed by atoms with Gasteiger partial charge >= 0.3 is 0 Å². The van der Waals surface area contributed by atoms with Gasteiger partial charge in [-0.3, -0.25) is 9.52 Å². The van der Waals surface area contributed by atoms with Crippen LogP contribution in [0.15, 0.2) is 57.9 Å². The monoisotopic (exact) mass is 725 g/mol. The van der Waals surface area contributed by atoms with Crippen molar-refractivity contribution in [3.05, 3.63) is 69.9 Å². The number of amides is 1. The van der Waals surface area contributed by atoms with Crippen LogP contribution in [0.1, 0.15) is 43.4 Å². The molecule has 0 spiro atoms. The molecule has 0 atom stereocenters. The third-order valence-electron chi connectivity index (χ3n) is 8.94. The maximum atomic E-state index is 13.7. The lowest BCUT2D eigenvalue weighted by atomic mass is 9.90. The summed E-state index contributed by atoms with van der Waals surface area (Å²) in [5.41, 5.74) is 1.79. The number of hydrogen-bond acceptors (Lipinski definition) is 8. The fourth-order valence-corrected chi connectivity index (χ4v) is 8.44. The van der Waals surface area contributed by atoms with Crippen LogP contribution in [0.2, 0.25) is 10.0 Å². The number of nitrogens with one attached hydrogen (secondary N) is 1. The van der Waals surface area contributed by atoms with Crippen molar-refractivity contribution in [2.75, 3.05) is 55.1 Å². The van der Waals surface area contributed by atoms with Crippen LogP contribution in [-0.2, 0) is 31.3 Å². The molecule has 1 N–H and O–H groups in total. The Morgan fingerprint density at radius 2 is 1.64 bits per heavy atom. The maximum Gasteiger partial charge on any atom is 0.263 e. The first-order valence-electron chi connectivity index (χ1n) is 15.8. The third kappa shape index (κ3) is 9.48. The molecule has 3 heterocycles. The van der Waals surface area contributed by atoms with Crippen LogP contribution in [-0.4, -0.2) is 82.6 Å². The maximum absolute atomic E-state index is 13.7. The summed E-state index contributed by atoms with van der Waals surface area (Å²) in [4.78, 5) is 18.1. The number of sulfonamides is 2. The zero-order valence-corrected chi connectivity index (χ0v) is 29.7. The molecule has 0 saturated carbocycles. The van der Waals surface area contributed by atoms with Gasteiger partial charge in [-0.15, -0.1) is 0 Å². The summed E-state index contributed by atoms with van der Waals surface area (Å²) < 4.78 is 58.1. The molecule has 0 bridgehead atoms. The number of hydrogen-bond donors (Lipinski definition) is 1. The first-order chi connectivity index (χ1) is 22.3. The summed E-state index contributed by atoms with van der Waals surface area (Å²) in [5, 5.41) is 4.50. The van der Waals surface area contributed by atoms with Gasteiger partial charge in [-0.1, -0.05) is 40.5 Å². The van der Waals surface area contributed by atoms with Crippen molar-refractivity contribution in [2.45, 2.75) is 50.3 Å². The van der Waals surface area contributed by atoms with E-state index in [9.17, 15) is 21.6 Å². The van der Waals surface area contributed by atoms with Gasteiger partial charge in [0.2, 0.25) is 15.9 Å². The second-order valence-electron chi connectivity index (χ2n) is 12.4. The van der Waals surface area contributed by atoms with Gasteiger partial charge in [0.05, 0.1) is 21.2 Å². The van der Waals surface area contributed by atoms with Crippen LogP contribution >= 0.6 is 23.2 Å². The van der Waals surface area contributed by atoms with Gasteiger partial charge in [-0.05, 0) is 107 Å². The second kappa shape index (κ2) is 15.3. The Balaban J connectivity index is 1.11. The van der Waals surface area contributed by atoms with E-state index < -0.39 is 20.0 Å². The molecule has 47 heavy (non-hydrogen) atoms. The van der Waals surface area contributed by atoms with Gasteiger partial charge < -0.3 is 14.3 Å². The molecule has 1 aromatic heterocycles. The van der Waals surface area contributed by atoms with E-state index >= 15 is 0 Å². The molecule has 1 amide bonds. The van der Waals surface area contributed by atoms with Crippen molar-refractivity contribution in [1.82, 2.24) is 14.4 Å². The number of nitrogens with zero attached hydrogens (tertiary/aromatic N) is 4. The van der Waals surface area contributed by atoms with Crippen molar-refractivity contribution in [1.29, 1.82) is 0 Å². The molecule has 0 aliphatic carbocycles. The number of aromatic nitrogens is 1. The number of anilines is 2. The Morgan fingerprint density at radius 1 is 0.957 bits per heavy atom. The minimum atomic E-state index is -3.75. The molecule has 11 nitrogen and oxygen atoms in total. The molecular formula is C32H41Cl2N5O6S2. The molecule has 2 fully saturated rings. The smallest absolute Gasteiger partial charge is 0.263 e. The molecule has 2 aliphatic heterocycles. The van der Waals surface area contributed by atoms with E-state index in [0.717, 1.165) is 50.9 Å². The van der Waals surface area contributed by atoms with E-state index in [1.165, 1.54) is 16.6 Å². The standard InChI is InChI=1S/C32H41Cl2N5O6S2/c1-23-20-31(35-45-23)36-47(43,44)28-7-4-24(5-8-28)21-25-10-16-37(17-11-25)14-3-15-39(27-6-9-29(33)30(34)22-27)32(40)26-12-18-38(19-13-26)46(2,41)42/h4-9,20,22,25-26H,3,10-19,21H2,1-2H3,(H,35,36). The largest absolute Gasteiger partial charge is 0.360 e. The molecule has 0 unspecified atom stereocenters. The molecule has 5 rings (SSSR count). The number of likely N-dealkylation sites (tertiary alicyclic amines) is 1. The van der Waals surface area contributed by atoms with Crippen LogP contribution in [0.25, 0.3) is 0 Å². The molecule has 3 aromatic rings. The predicted molar refractivity (Wildman–Crippen MR) is 184 cm³/mol. The predicted octanol–water partition coefficient (Wildman–Crippen LogP) is 5.44. The van der Waals surface area contributed by atoms with E-state index in [0.29, 0.717) is 59.9 Å². The van der Waals surface area contributed by atoms with E-state index in [1.54, 1.807) is 42.2 Å². The lowest BCUT2D eigenvalue weighted by Gasteiger charge is -2.35. The average molecular weight is 727 g/mol. The molecular weight excluding hydrogens is 685 g/mol. The summed E-state index contributed by atoms with van der Waals surface area (Å²) in [7, 11) is -7.03. The highest BCUT2D eigenvalue weighted by Crippen LogP contribution is 2.31. The molecule has 0 radical (unpaired) electrons. The summed E-state index contributed by atoms with van der Waals surface area (Å²) in [6.07, 6.45) is 5.87. The van der Waals surface area contributed by atoms with E-state index in [1.807, 2.05) is 12.1 Å². The highest BCUT2D eigenvalue weighted by atomic mass is 35.5. The van der Waals surface area contributed by atoms with Crippen molar-refractivity contribution in [3.63, 3.8) is 0 Å². The van der Waals surface area contributed by atoms with Gasteiger partial charge in [0.25, 0.3) is 10.0 Å². The number of carbonyl (C=O) groups excluding carboxylic acids is 1. The first-order valence-corrected chi connectivity index (χ1v) is 19.9. The number of benzene rings is 2. The highest BCUT2D eigenvalue weighted by Gasteiger charge is 2.32. The average Bonchev–Trinajstić information content (AvgIpc) is 3.44. The number of aryl methyl sites for hydroxylation is 1. The van der Waals surface area contributed by atoms with E-state index in [4.69, 9.17) is 27.7 Å². The van der Waals surface area contributed by atoms with Crippen molar-refractivity contribution >= 4 is 60.7 Å². The molecule has 2 aromatic carbocycles. The molecule has 2 saturated heterocycles. The normalized spacial score (nSPS) is 17.5. The Kier molecular flexibility index (Phi) is 11.6. The van der Waals surface area contributed by atoms with Gasteiger partial charge in [-0.2, -0.15) is 0 Å². The topological polar surface area (TPSA) is 133 Å². The Labute approximate surface area is 287 Å². The molecule has 256 valence electrons. The Hall–Kier alpha value is -2.68. The van der Waals surface area contributed by atoms with Gasteiger partial charge in [0, 0.05) is 37.3 Å². The lowest BCUT2D eigenvalue weighted by molar-refractivity contribution is -0.123. The Bertz CT molecular complexity index is 1750. The number of carbonyl (C=O) groups is 1. The number of piperidine rings is 2. The van der Waals surface area contributed by atoms with Crippen LogP contribution in [0.3, 0.4) is 0 Å². The summed E-state index contributed by atoms with van der Waals surface area (Å²) >= 11 is 12.5. The van der Waals surface area contributed by atoms with Crippen molar-refractivity contribution < 1.29 is 26.2 Å². The lowest BCUT2D eigenvalue weighted by Crippen LogP contribution is -2.45. The van der Waals surface area contributed by atoms with Crippen LogP contribution in [0.5, 0.6) is 0 Å². The van der Waals surface area contributed by atoms with Crippen molar-refractivity contribution in [2.24, 2.45) is 11.8 Å². The van der Waals surface area contributed by atoms with Gasteiger partial charge in [0.15, 0.2) is 5.82 Å². The number of rotatable bonds is 12. The van der Waals surface area contributed by atoms with E-state index in [-0.39, 0.29) is 22.5 Å². The first kappa shape index (κ1) is 35.6. The minimum absolute atomic E-state index is 0.0157. The quantitative estimate of drug-likeness (QED) is 0.261. The van der Waals surface area contributed by atoms with Crippen LogP contribution < -0.4 is 9.62 Å². The van der Waals surface area contributed by atoms with Crippen molar-refractivity contribution in [3.8, 4) is 0 Å². The molecule has 15 heteroatoms. The number of halogens is 2. The second-order valence-corrected chi connectivity index (χ2v) is 16.9. The SMILES string of the molecule is Cc1cc(NS(=O)(=O)c2ccc(CC3CCN(CCCN(C(=O)C4CCN(S(C)(=O)=O)CC4)c4ccc(Cl)c(Cl)c4)CC3)cc2)no1. The van der Waals surface area contributed by atoms with E-state index in [2.05, 4.69) is 14.8 Å². The van der Waals surface area contributed by atoms with Crippen LogP contribution in [0.4, 0.5) is 11.5 Å². The zero-order chi connectivity index (χ0) is 33.8. The van der Waals surface area contributed by atoms with Crippen LogP contribution in [0, 0.1) is 18.8 Å².